The van der Waals surface area contributed by atoms with Crippen molar-refractivity contribution in [1.82, 2.24) is 10.3 Å². The van der Waals surface area contributed by atoms with Crippen molar-refractivity contribution in [3.8, 4) is 0 Å². The van der Waals surface area contributed by atoms with Crippen LogP contribution in [0.15, 0.2) is 18.5 Å². The molecule has 0 radical (unpaired) electrons. The van der Waals surface area contributed by atoms with E-state index in [9.17, 15) is 0 Å². The third-order valence-corrected chi connectivity index (χ3v) is 1.96. The topological polar surface area (TPSA) is 27.8 Å². The minimum absolute atomic E-state index is 1.25. The first-order chi connectivity index (χ1) is 5.89. The first kappa shape index (κ1) is 9.33. The number of aromatic nitrogens is 1. The van der Waals surface area contributed by atoms with Crippen molar-refractivity contribution < 1.29 is 0 Å². The Kier molecular flexibility index (Phi) is 4.54. The number of hydrogen-bond donors (Lipinski definition) is 2. The summed E-state index contributed by atoms with van der Waals surface area (Å²) in [5.74, 6) is 0. The number of H-pyrrole nitrogens is 1. The fourth-order valence-corrected chi connectivity index (χ4v) is 1.21. The second-order valence-electron chi connectivity index (χ2n) is 3.20. The lowest BCUT2D eigenvalue weighted by molar-refractivity contribution is 0.520. The number of rotatable bonds is 0. The fraction of sp³-hybridized carbons (Fsp3) is 0.600. The van der Waals surface area contributed by atoms with Crippen LogP contribution in [0.1, 0.15) is 24.8 Å². The summed E-state index contributed by atoms with van der Waals surface area (Å²) in [7, 11) is 0. The molecule has 2 N–H and O–H groups in total. The van der Waals surface area contributed by atoms with Crippen molar-refractivity contribution in [3.05, 3.63) is 24.0 Å². The van der Waals surface area contributed by atoms with Gasteiger partial charge in [0.25, 0.3) is 0 Å². The highest BCUT2D eigenvalue weighted by molar-refractivity contribution is 5.03. The molecule has 1 aliphatic rings. The molecule has 0 bridgehead atoms. The molecule has 12 heavy (non-hydrogen) atoms. The van der Waals surface area contributed by atoms with Crippen LogP contribution in [-0.4, -0.2) is 18.1 Å². The molecule has 0 aliphatic carbocycles. The third-order valence-electron chi connectivity index (χ3n) is 1.96. The largest absolute Gasteiger partial charge is 0.367 e. The van der Waals surface area contributed by atoms with E-state index in [2.05, 4.69) is 17.2 Å². The minimum atomic E-state index is 1.25. The quantitative estimate of drug-likeness (QED) is 0.607. The highest BCUT2D eigenvalue weighted by Crippen LogP contribution is 1.96. The fourth-order valence-electron chi connectivity index (χ4n) is 1.21. The van der Waals surface area contributed by atoms with E-state index in [0.717, 1.165) is 0 Å². The first-order valence-corrected chi connectivity index (χ1v) is 4.70. The maximum atomic E-state index is 3.28. The van der Waals surface area contributed by atoms with Crippen LogP contribution in [-0.2, 0) is 0 Å². The third kappa shape index (κ3) is 4.19. The van der Waals surface area contributed by atoms with Gasteiger partial charge in [-0.05, 0) is 44.5 Å². The van der Waals surface area contributed by atoms with Gasteiger partial charge in [0, 0.05) is 12.4 Å². The number of hydrogen-bond acceptors (Lipinski definition) is 1. The molecular weight excluding hydrogens is 148 g/mol. The van der Waals surface area contributed by atoms with Crippen LogP contribution in [0.4, 0.5) is 0 Å². The van der Waals surface area contributed by atoms with E-state index in [1.54, 1.807) is 0 Å². The van der Waals surface area contributed by atoms with E-state index in [1.165, 1.54) is 37.9 Å². The van der Waals surface area contributed by atoms with E-state index in [0.29, 0.717) is 0 Å². The molecule has 0 unspecified atom stereocenters. The van der Waals surface area contributed by atoms with Gasteiger partial charge in [0.05, 0.1) is 0 Å². The molecule has 1 aromatic rings. The molecule has 1 fully saturated rings. The van der Waals surface area contributed by atoms with E-state index in [4.69, 9.17) is 0 Å². The Labute approximate surface area is 74.4 Å². The van der Waals surface area contributed by atoms with Gasteiger partial charge in [0.1, 0.15) is 0 Å². The molecule has 2 heterocycles. The van der Waals surface area contributed by atoms with Crippen LogP contribution >= 0.6 is 0 Å². The number of piperidine rings is 1. The molecule has 2 rings (SSSR count). The Balaban J connectivity index is 0.000000120. The Morgan fingerprint density at radius 1 is 1.17 bits per heavy atom. The van der Waals surface area contributed by atoms with E-state index in [-0.39, 0.29) is 0 Å². The van der Waals surface area contributed by atoms with E-state index >= 15 is 0 Å². The molecule has 1 aromatic heterocycles. The zero-order chi connectivity index (χ0) is 8.65. The Bertz CT molecular complexity index is 164. The molecule has 0 aromatic carbocycles. The smallest absolute Gasteiger partial charge is 0.00345 e. The van der Waals surface area contributed by atoms with E-state index < -0.39 is 0 Å². The lowest BCUT2D eigenvalue weighted by Gasteiger charge is -2.08. The Morgan fingerprint density at radius 2 is 1.92 bits per heavy atom. The number of nitrogens with one attached hydrogen (secondary N) is 2. The van der Waals surface area contributed by atoms with Crippen molar-refractivity contribution in [3.63, 3.8) is 0 Å². The van der Waals surface area contributed by atoms with Crippen molar-refractivity contribution >= 4 is 0 Å². The standard InChI is InChI=1S/C5H7N.C5H11N/c1-5-2-3-6-4-5;1-2-4-6-5-3-1/h2-4,6H,1H3;6H,1-5H2. The number of aromatic amines is 1. The van der Waals surface area contributed by atoms with Gasteiger partial charge in [-0.1, -0.05) is 6.42 Å². The summed E-state index contributed by atoms with van der Waals surface area (Å²) in [6.07, 6.45) is 8.09. The number of aryl methyl sites for hydroxylation is 1. The zero-order valence-corrected chi connectivity index (χ0v) is 7.77. The molecule has 1 aliphatic heterocycles. The van der Waals surface area contributed by atoms with E-state index in [1.807, 2.05) is 18.5 Å². The van der Waals surface area contributed by atoms with Gasteiger partial charge in [0.15, 0.2) is 0 Å². The van der Waals surface area contributed by atoms with Crippen molar-refractivity contribution in [2.75, 3.05) is 13.1 Å². The molecule has 2 heteroatoms. The average Bonchev–Trinajstić information content (AvgIpc) is 2.60. The summed E-state index contributed by atoms with van der Waals surface area (Å²) >= 11 is 0. The predicted molar refractivity (Wildman–Crippen MR) is 52.3 cm³/mol. The molecule has 0 spiro atoms. The zero-order valence-electron chi connectivity index (χ0n) is 7.77. The summed E-state index contributed by atoms with van der Waals surface area (Å²) in [4.78, 5) is 2.93. The Hall–Kier alpha value is -0.760. The first-order valence-electron chi connectivity index (χ1n) is 4.70. The second kappa shape index (κ2) is 5.84. The summed E-state index contributed by atoms with van der Waals surface area (Å²) in [5.41, 5.74) is 1.29. The lowest BCUT2D eigenvalue weighted by Crippen LogP contribution is -2.21. The molecular formula is C10H18N2. The molecule has 68 valence electrons. The summed E-state index contributed by atoms with van der Waals surface area (Å²) in [6, 6.07) is 2.03. The van der Waals surface area contributed by atoms with Crippen molar-refractivity contribution in [2.24, 2.45) is 0 Å². The van der Waals surface area contributed by atoms with Crippen molar-refractivity contribution in [2.45, 2.75) is 26.2 Å². The lowest BCUT2D eigenvalue weighted by atomic mass is 10.2. The van der Waals surface area contributed by atoms with Gasteiger partial charge < -0.3 is 10.3 Å². The molecule has 1 saturated heterocycles. The monoisotopic (exact) mass is 166 g/mol. The van der Waals surface area contributed by atoms with Gasteiger partial charge in [-0.3, -0.25) is 0 Å². The maximum absolute atomic E-state index is 3.28. The minimum Gasteiger partial charge on any atom is -0.367 e. The highest BCUT2D eigenvalue weighted by atomic mass is 14.9. The molecule has 0 saturated carbocycles. The van der Waals surface area contributed by atoms with Gasteiger partial charge in [0.2, 0.25) is 0 Å². The SMILES string of the molecule is C1CCNCC1.Cc1cc[nH]c1. The van der Waals surface area contributed by atoms with Crippen LogP contribution in [0.5, 0.6) is 0 Å². The molecule has 0 atom stereocenters. The normalized spacial score (nSPS) is 16.4. The maximum Gasteiger partial charge on any atom is 0.00345 e. The summed E-state index contributed by atoms with van der Waals surface area (Å²) in [6.45, 7) is 4.55. The van der Waals surface area contributed by atoms with Gasteiger partial charge >= 0.3 is 0 Å². The summed E-state index contributed by atoms with van der Waals surface area (Å²) in [5, 5.41) is 3.28. The van der Waals surface area contributed by atoms with Crippen LogP contribution in [0.2, 0.25) is 0 Å². The predicted octanol–water partition coefficient (Wildman–Crippen LogP) is 2.08. The summed E-state index contributed by atoms with van der Waals surface area (Å²) < 4.78 is 0. The highest BCUT2D eigenvalue weighted by Gasteiger charge is 1.93. The van der Waals surface area contributed by atoms with Crippen LogP contribution in [0.3, 0.4) is 0 Å². The Morgan fingerprint density at radius 3 is 2.08 bits per heavy atom. The van der Waals surface area contributed by atoms with Gasteiger partial charge in [-0.2, -0.15) is 0 Å². The van der Waals surface area contributed by atoms with Gasteiger partial charge in [-0.25, -0.2) is 0 Å². The van der Waals surface area contributed by atoms with Gasteiger partial charge in [-0.15, -0.1) is 0 Å². The van der Waals surface area contributed by atoms with Crippen LogP contribution in [0, 0.1) is 6.92 Å². The van der Waals surface area contributed by atoms with Crippen LogP contribution < -0.4 is 5.32 Å². The second-order valence-corrected chi connectivity index (χ2v) is 3.20. The average molecular weight is 166 g/mol. The van der Waals surface area contributed by atoms with Crippen LogP contribution in [0.25, 0.3) is 0 Å². The molecule has 0 amide bonds. The van der Waals surface area contributed by atoms with Crippen molar-refractivity contribution in [1.29, 1.82) is 0 Å². The molecule has 2 nitrogen and oxygen atoms in total.